The lowest BCUT2D eigenvalue weighted by molar-refractivity contribution is -0.384. The van der Waals surface area contributed by atoms with Crippen molar-refractivity contribution in [2.75, 3.05) is 14.2 Å². The van der Waals surface area contributed by atoms with Gasteiger partial charge in [-0.15, -0.1) is 0 Å². The van der Waals surface area contributed by atoms with Gasteiger partial charge in [0.25, 0.3) is 5.69 Å². The van der Waals surface area contributed by atoms with Crippen LogP contribution < -0.4 is 0 Å². The van der Waals surface area contributed by atoms with Gasteiger partial charge in [0.15, 0.2) is 6.29 Å². The molecule has 0 aromatic heterocycles. The number of methoxy groups -OCH3 is 2. The molecule has 0 heterocycles. The highest BCUT2D eigenvalue weighted by atomic mass is 16.7. The normalized spacial score (nSPS) is 10.7. The molecule has 0 spiro atoms. The largest absolute Gasteiger partial charge is 0.356 e. The number of nitro benzene ring substituents is 1. The maximum atomic E-state index is 10.6. The average molecular weight is 225 g/mol. The fourth-order valence-corrected chi connectivity index (χ4v) is 1.44. The van der Waals surface area contributed by atoms with E-state index in [0.717, 1.165) is 5.56 Å². The van der Waals surface area contributed by atoms with E-state index in [1.54, 1.807) is 26.4 Å². The summed E-state index contributed by atoms with van der Waals surface area (Å²) in [5.41, 5.74) is 1.03. The summed E-state index contributed by atoms with van der Waals surface area (Å²) < 4.78 is 10.1. The highest BCUT2D eigenvalue weighted by molar-refractivity contribution is 5.34. The third kappa shape index (κ3) is 3.60. The summed E-state index contributed by atoms with van der Waals surface area (Å²) in [5.74, 6) is 0. The molecule has 1 aromatic carbocycles. The molecule has 0 unspecified atom stereocenters. The van der Waals surface area contributed by atoms with Gasteiger partial charge < -0.3 is 9.47 Å². The van der Waals surface area contributed by atoms with Crippen molar-refractivity contribution in [2.24, 2.45) is 0 Å². The molecule has 88 valence electrons. The van der Waals surface area contributed by atoms with E-state index in [0.29, 0.717) is 12.8 Å². The van der Waals surface area contributed by atoms with Crippen molar-refractivity contribution in [2.45, 2.75) is 19.1 Å². The number of aryl methyl sites for hydroxylation is 1. The van der Waals surface area contributed by atoms with Gasteiger partial charge in [0, 0.05) is 32.8 Å². The number of hydrogen-bond acceptors (Lipinski definition) is 4. The van der Waals surface area contributed by atoms with Crippen molar-refractivity contribution in [3.63, 3.8) is 0 Å². The van der Waals surface area contributed by atoms with Crippen molar-refractivity contribution < 1.29 is 14.4 Å². The van der Waals surface area contributed by atoms with E-state index in [1.165, 1.54) is 6.07 Å². The maximum absolute atomic E-state index is 10.6. The van der Waals surface area contributed by atoms with Crippen LogP contribution in [0, 0.1) is 10.1 Å². The second-order valence-electron chi connectivity index (χ2n) is 3.37. The van der Waals surface area contributed by atoms with Crippen molar-refractivity contribution in [1.82, 2.24) is 0 Å². The first-order chi connectivity index (χ1) is 7.67. The zero-order valence-electron chi connectivity index (χ0n) is 9.38. The lowest BCUT2D eigenvalue weighted by atomic mass is 10.1. The minimum Gasteiger partial charge on any atom is -0.356 e. The van der Waals surface area contributed by atoms with E-state index in [1.807, 2.05) is 6.07 Å². The Morgan fingerprint density at radius 1 is 1.38 bits per heavy atom. The summed E-state index contributed by atoms with van der Waals surface area (Å²) >= 11 is 0. The van der Waals surface area contributed by atoms with Crippen LogP contribution in [0.1, 0.15) is 12.0 Å². The van der Waals surface area contributed by atoms with E-state index in [9.17, 15) is 10.1 Å². The number of nitrogens with zero attached hydrogens (tertiary/aromatic N) is 1. The Balaban J connectivity index is 2.60. The van der Waals surface area contributed by atoms with Crippen LogP contribution in [0.2, 0.25) is 0 Å². The van der Waals surface area contributed by atoms with E-state index < -0.39 is 4.92 Å². The van der Waals surface area contributed by atoms with Crippen LogP contribution in [0.3, 0.4) is 0 Å². The number of benzene rings is 1. The van der Waals surface area contributed by atoms with Gasteiger partial charge in [-0.3, -0.25) is 10.1 Å². The van der Waals surface area contributed by atoms with Crippen molar-refractivity contribution in [3.05, 3.63) is 39.9 Å². The number of rotatable bonds is 6. The zero-order valence-corrected chi connectivity index (χ0v) is 9.38. The molecule has 0 saturated heterocycles. The first kappa shape index (κ1) is 12.6. The Kier molecular flexibility index (Phi) is 4.88. The molecule has 0 amide bonds. The number of nitro groups is 1. The lowest BCUT2D eigenvalue weighted by Crippen LogP contribution is -2.13. The lowest BCUT2D eigenvalue weighted by Gasteiger charge is -2.12. The summed E-state index contributed by atoms with van der Waals surface area (Å²) in [6.45, 7) is 0. The Labute approximate surface area is 94.1 Å². The summed E-state index contributed by atoms with van der Waals surface area (Å²) in [6.07, 6.45) is 1.10. The summed E-state index contributed by atoms with van der Waals surface area (Å²) in [6, 6.07) is 6.59. The Bertz CT molecular complexity index is 350. The molecule has 0 N–H and O–H groups in total. The molecule has 0 aliphatic rings. The van der Waals surface area contributed by atoms with Gasteiger partial charge >= 0.3 is 0 Å². The minimum absolute atomic E-state index is 0.115. The molecule has 0 aliphatic heterocycles. The molecule has 1 aromatic rings. The van der Waals surface area contributed by atoms with Crippen LogP contribution in [-0.2, 0) is 15.9 Å². The van der Waals surface area contributed by atoms with Crippen LogP contribution in [-0.4, -0.2) is 25.4 Å². The van der Waals surface area contributed by atoms with E-state index in [-0.39, 0.29) is 12.0 Å². The molecular formula is C11H15NO4. The van der Waals surface area contributed by atoms with Crippen LogP contribution >= 0.6 is 0 Å². The average Bonchev–Trinajstić information content (AvgIpc) is 2.31. The zero-order chi connectivity index (χ0) is 12.0. The van der Waals surface area contributed by atoms with Crippen molar-refractivity contribution in [3.8, 4) is 0 Å². The smallest absolute Gasteiger partial charge is 0.269 e. The van der Waals surface area contributed by atoms with Gasteiger partial charge in [0.1, 0.15) is 0 Å². The van der Waals surface area contributed by atoms with E-state index >= 15 is 0 Å². The van der Waals surface area contributed by atoms with Crippen LogP contribution in [0.25, 0.3) is 0 Å². The van der Waals surface area contributed by atoms with Gasteiger partial charge in [-0.1, -0.05) is 12.1 Å². The van der Waals surface area contributed by atoms with Crippen molar-refractivity contribution >= 4 is 5.69 Å². The quantitative estimate of drug-likeness (QED) is 0.423. The van der Waals surface area contributed by atoms with Crippen LogP contribution in [0.15, 0.2) is 24.3 Å². The molecule has 0 radical (unpaired) electrons. The van der Waals surface area contributed by atoms with Gasteiger partial charge in [0.05, 0.1) is 4.92 Å². The Morgan fingerprint density at radius 2 is 2.06 bits per heavy atom. The summed E-state index contributed by atoms with van der Waals surface area (Å²) in [5, 5.41) is 10.6. The summed E-state index contributed by atoms with van der Waals surface area (Å²) in [7, 11) is 3.14. The molecule has 5 nitrogen and oxygen atoms in total. The summed E-state index contributed by atoms with van der Waals surface area (Å²) in [4.78, 5) is 10.2. The fourth-order valence-electron chi connectivity index (χ4n) is 1.44. The monoisotopic (exact) mass is 225 g/mol. The minimum atomic E-state index is -0.395. The molecular weight excluding hydrogens is 210 g/mol. The Morgan fingerprint density at radius 3 is 2.62 bits per heavy atom. The molecule has 0 aliphatic carbocycles. The van der Waals surface area contributed by atoms with Gasteiger partial charge in [0.2, 0.25) is 0 Å². The topological polar surface area (TPSA) is 61.6 Å². The van der Waals surface area contributed by atoms with Crippen LogP contribution in [0.4, 0.5) is 5.69 Å². The molecule has 0 atom stereocenters. The molecule has 0 saturated carbocycles. The van der Waals surface area contributed by atoms with E-state index in [2.05, 4.69) is 0 Å². The van der Waals surface area contributed by atoms with Crippen LogP contribution in [0.5, 0.6) is 0 Å². The highest BCUT2D eigenvalue weighted by Gasteiger charge is 2.08. The van der Waals surface area contributed by atoms with Gasteiger partial charge in [-0.05, 0) is 12.0 Å². The second kappa shape index (κ2) is 6.19. The third-order valence-electron chi connectivity index (χ3n) is 2.32. The van der Waals surface area contributed by atoms with Crippen molar-refractivity contribution in [1.29, 1.82) is 0 Å². The SMILES string of the molecule is COC(CCc1cccc([N+](=O)[O-])c1)OC. The van der Waals surface area contributed by atoms with Gasteiger partial charge in [-0.2, -0.15) is 0 Å². The third-order valence-corrected chi connectivity index (χ3v) is 2.32. The second-order valence-corrected chi connectivity index (χ2v) is 3.37. The molecule has 16 heavy (non-hydrogen) atoms. The molecule has 0 fully saturated rings. The predicted molar refractivity (Wildman–Crippen MR) is 59.2 cm³/mol. The maximum Gasteiger partial charge on any atom is 0.269 e. The first-order valence-electron chi connectivity index (χ1n) is 4.96. The molecule has 5 heteroatoms. The molecule has 0 bridgehead atoms. The standard InChI is InChI=1S/C11H15NO4/c1-15-11(16-2)7-6-9-4-3-5-10(8-9)12(13)14/h3-5,8,11H,6-7H2,1-2H3. The van der Waals surface area contributed by atoms with E-state index in [4.69, 9.17) is 9.47 Å². The Hall–Kier alpha value is -1.46. The van der Waals surface area contributed by atoms with Gasteiger partial charge in [-0.25, -0.2) is 0 Å². The highest BCUT2D eigenvalue weighted by Crippen LogP contribution is 2.15. The number of non-ortho nitro benzene ring substituents is 1. The first-order valence-corrected chi connectivity index (χ1v) is 4.96. The fraction of sp³-hybridized carbons (Fsp3) is 0.455. The number of hydrogen-bond donors (Lipinski definition) is 0. The number of ether oxygens (including phenoxy) is 2. The molecule has 1 rings (SSSR count). The predicted octanol–water partition coefficient (Wildman–Crippen LogP) is 2.15.